The van der Waals surface area contributed by atoms with E-state index >= 15 is 0 Å². The first-order valence-electron chi connectivity index (χ1n) is 8.06. The van der Waals surface area contributed by atoms with Gasteiger partial charge in [-0.1, -0.05) is 72.3 Å². The van der Waals surface area contributed by atoms with Crippen LogP contribution in [-0.4, -0.2) is 0 Å². The van der Waals surface area contributed by atoms with E-state index in [1.807, 2.05) is 0 Å². The normalized spacial score (nSPS) is 16.4. The van der Waals surface area contributed by atoms with Crippen molar-refractivity contribution < 1.29 is 0 Å². The third kappa shape index (κ3) is 1.42. The quantitative estimate of drug-likeness (QED) is 0.540. The van der Waals surface area contributed by atoms with Crippen molar-refractivity contribution in [3.63, 3.8) is 0 Å². The molecule has 3 aromatic carbocycles. The first-order chi connectivity index (χ1) is 10.8. The first-order valence-corrected chi connectivity index (χ1v) is 8.06. The van der Waals surface area contributed by atoms with Crippen LogP contribution in [0.3, 0.4) is 0 Å². The highest BCUT2D eigenvalue weighted by atomic mass is 14.5. The maximum absolute atomic E-state index is 2.42. The molecule has 22 heavy (non-hydrogen) atoms. The van der Waals surface area contributed by atoms with Crippen LogP contribution in [0, 0.1) is 6.92 Å². The zero-order valence-electron chi connectivity index (χ0n) is 12.8. The Morgan fingerprint density at radius 2 is 1.32 bits per heavy atom. The van der Waals surface area contributed by atoms with Crippen molar-refractivity contribution in [3.05, 3.63) is 94.5 Å². The van der Waals surface area contributed by atoms with E-state index in [9.17, 15) is 0 Å². The Balaban J connectivity index is 1.83. The van der Waals surface area contributed by atoms with E-state index in [0.29, 0.717) is 0 Å². The second-order valence-corrected chi connectivity index (χ2v) is 6.80. The zero-order chi connectivity index (χ0) is 14.7. The lowest BCUT2D eigenvalue weighted by Gasteiger charge is -2.27. The highest BCUT2D eigenvalue weighted by Gasteiger charge is 2.46. The van der Waals surface area contributed by atoms with Crippen molar-refractivity contribution in [2.24, 2.45) is 0 Å². The average molecular weight is 282 g/mol. The van der Waals surface area contributed by atoms with Gasteiger partial charge < -0.3 is 0 Å². The van der Waals surface area contributed by atoms with Gasteiger partial charge in [-0.05, 0) is 53.1 Å². The predicted octanol–water partition coefficient (Wildman–Crippen LogP) is 5.06. The molecule has 0 saturated heterocycles. The second-order valence-electron chi connectivity index (χ2n) is 6.80. The van der Waals surface area contributed by atoms with Crippen molar-refractivity contribution in [1.29, 1.82) is 0 Å². The van der Waals surface area contributed by atoms with E-state index in [0.717, 1.165) is 12.8 Å². The number of rotatable bonds is 0. The van der Waals surface area contributed by atoms with Crippen LogP contribution in [0.2, 0.25) is 0 Å². The SMILES string of the molecule is Cc1ccc2c(c1)C1(Cc3ccccc3C1)c1ccccc1-2. The fourth-order valence-corrected chi connectivity index (χ4v) is 4.57. The summed E-state index contributed by atoms with van der Waals surface area (Å²) in [5, 5.41) is 0. The number of benzene rings is 3. The summed E-state index contributed by atoms with van der Waals surface area (Å²) in [4.78, 5) is 0. The lowest BCUT2D eigenvalue weighted by Crippen LogP contribution is -2.25. The Bertz CT molecular complexity index is 876. The molecule has 1 spiro atoms. The summed E-state index contributed by atoms with van der Waals surface area (Å²) in [6, 6.07) is 25.0. The predicted molar refractivity (Wildman–Crippen MR) is 91.2 cm³/mol. The third-order valence-corrected chi connectivity index (χ3v) is 5.53. The molecule has 0 fully saturated rings. The minimum absolute atomic E-state index is 0.154. The number of hydrogen-bond donors (Lipinski definition) is 0. The van der Waals surface area contributed by atoms with Gasteiger partial charge >= 0.3 is 0 Å². The Morgan fingerprint density at radius 1 is 0.682 bits per heavy atom. The maximum Gasteiger partial charge on any atom is 0.0295 e. The van der Waals surface area contributed by atoms with Gasteiger partial charge in [-0.2, -0.15) is 0 Å². The molecular formula is C22H18. The van der Waals surface area contributed by atoms with Crippen molar-refractivity contribution in [1.82, 2.24) is 0 Å². The van der Waals surface area contributed by atoms with Gasteiger partial charge in [-0.25, -0.2) is 0 Å². The molecule has 3 aromatic rings. The topological polar surface area (TPSA) is 0 Å². The zero-order valence-corrected chi connectivity index (χ0v) is 12.8. The summed E-state index contributed by atoms with van der Waals surface area (Å²) >= 11 is 0. The highest BCUT2D eigenvalue weighted by Crippen LogP contribution is 2.55. The molecule has 0 saturated carbocycles. The van der Waals surface area contributed by atoms with Crippen molar-refractivity contribution in [2.75, 3.05) is 0 Å². The van der Waals surface area contributed by atoms with Crippen LogP contribution in [0.15, 0.2) is 66.7 Å². The fraction of sp³-hybridized carbons (Fsp3) is 0.182. The molecule has 0 radical (unpaired) electrons. The van der Waals surface area contributed by atoms with Gasteiger partial charge in [0, 0.05) is 5.41 Å². The summed E-state index contributed by atoms with van der Waals surface area (Å²) in [5.41, 5.74) is 10.5. The number of aryl methyl sites for hydroxylation is 1. The Kier molecular flexibility index (Phi) is 2.28. The third-order valence-electron chi connectivity index (χ3n) is 5.53. The molecule has 0 atom stereocenters. The minimum atomic E-state index is 0.154. The second kappa shape index (κ2) is 4.10. The van der Waals surface area contributed by atoms with Gasteiger partial charge in [0.1, 0.15) is 0 Å². The van der Waals surface area contributed by atoms with Gasteiger partial charge in [-0.15, -0.1) is 0 Å². The summed E-state index contributed by atoms with van der Waals surface area (Å²) in [6.45, 7) is 2.21. The van der Waals surface area contributed by atoms with Crippen LogP contribution in [-0.2, 0) is 18.3 Å². The Labute approximate surface area is 131 Å². The Hall–Kier alpha value is -2.34. The molecule has 0 bridgehead atoms. The monoisotopic (exact) mass is 282 g/mol. The van der Waals surface area contributed by atoms with Gasteiger partial charge in [0.2, 0.25) is 0 Å². The minimum Gasteiger partial charge on any atom is -0.0620 e. The fourth-order valence-electron chi connectivity index (χ4n) is 4.57. The number of fused-ring (bicyclic) bond motifs is 6. The molecule has 2 aliphatic rings. The lowest BCUT2D eigenvalue weighted by atomic mass is 9.75. The van der Waals surface area contributed by atoms with Gasteiger partial charge in [0.05, 0.1) is 0 Å². The summed E-state index contributed by atoms with van der Waals surface area (Å²) in [7, 11) is 0. The molecule has 0 heterocycles. The van der Waals surface area contributed by atoms with Crippen molar-refractivity contribution in [3.8, 4) is 11.1 Å². The summed E-state index contributed by atoms with van der Waals surface area (Å²) in [5.74, 6) is 0. The largest absolute Gasteiger partial charge is 0.0620 e. The molecule has 106 valence electrons. The molecule has 0 N–H and O–H groups in total. The standard InChI is InChI=1S/C22H18/c1-15-10-11-19-18-8-4-5-9-20(18)22(21(19)12-15)13-16-6-2-3-7-17(16)14-22/h2-12H,13-14H2,1H3. The van der Waals surface area contributed by atoms with E-state index in [1.165, 1.54) is 38.9 Å². The van der Waals surface area contributed by atoms with Crippen molar-refractivity contribution >= 4 is 0 Å². The maximum atomic E-state index is 2.42. The molecule has 0 unspecified atom stereocenters. The molecule has 0 heteroatoms. The van der Waals surface area contributed by atoms with E-state index < -0.39 is 0 Å². The van der Waals surface area contributed by atoms with Crippen LogP contribution >= 0.6 is 0 Å². The smallest absolute Gasteiger partial charge is 0.0295 e. The highest BCUT2D eigenvalue weighted by molar-refractivity contribution is 5.82. The molecule has 2 aliphatic carbocycles. The van der Waals surface area contributed by atoms with Crippen LogP contribution < -0.4 is 0 Å². The van der Waals surface area contributed by atoms with Crippen LogP contribution in [0.4, 0.5) is 0 Å². The van der Waals surface area contributed by atoms with E-state index in [1.54, 1.807) is 0 Å². The van der Waals surface area contributed by atoms with E-state index in [-0.39, 0.29) is 5.41 Å². The lowest BCUT2D eigenvalue weighted by molar-refractivity contribution is 0.563. The van der Waals surface area contributed by atoms with Gasteiger partial charge in [-0.3, -0.25) is 0 Å². The molecular weight excluding hydrogens is 264 g/mol. The van der Waals surface area contributed by atoms with Crippen LogP contribution in [0.25, 0.3) is 11.1 Å². The summed E-state index contributed by atoms with van der Waals surface area (Å²) < 4.78 is 0. The van der Waals surface area contributed by atoms with Crippen molar-refractivity contribution in [2.45, 2.75) is 25.2 Å². The van der Waals surface area contributed by atoms with E-state index in [4.69, 9.17) is 0 Å². The molecule has 0 aromatic heterocycles. The molecule has 0 nitrogen and oxygen atoms in total. The molecule has 0 aliphatic heterocycles. The summed E-state index contributed by atoms with van der Waals surface area (Å²) in [6.07, 6.45) is 2.27. The first kappa shape index (κ1) is 12.2. The van der Waals surface area contributed by atoms with Gasteiger partial charge in [0.15, 0.2) is 0 Å². The van der Waals surface area contributed by atoms with Crippen LogP contribution in [0.1, 0.15) is 27.8 Å². The van der Waals surface area contributed by atoms with E-state index in [2.05, 4.69) is 73.7 Å². The molecule has 0 amide bonds. The molecule has 5 rings (SSSR count). The number of hydrogen-bond acceptors (Lipinski definition) is 0. The average Bonchev–Trinajstić information content (AvgIpc) is 3.06. The van der Waals surface area contributed by atoms with Crippen LogP contribution in [0.5, 0.6) is 0 Å². The van der Waals surface area contributed by atoms with Gasteiger partial charge in [0.25, 0.3) is 0 Å². The Morgan fingerprint density at radius 3 is 2.09 bits per heavy atom.